The highest BCUT2D eigenvalue weighted by atomic mass is 32.2. The number of hydrogen-bond donors (Lipinski definition) is 3. The molecule has 0 aliphatic heterocycles. The van der Waals surface area contributed by atoms with E-state index >= 15 is 0 Å². The molecule has 1 aromatic rings. The molecule has 6 nitrogen and oxygen atoms in total. The lowest BCUT2D eigenvalue weighted by Crippen LogP contribution is -2.18. The monoisotopic (exact) mass is 254 g/mol. The summed E-state index contributed by atoms with van der Waals surface area (Å²) in [7, 11) is 0. The van der Waals surface area contributed by atoms with Crippen LogP contribution in [0, 0.1) is 13.8 Å². The van der Waals surface area contributed by atoms with Crippen LogP contribution in [0.5, 0.6) is 0 Å². The van der Waals surface area contributed by atoms with Crippen LogP contribution in [0.25, 0.3) is 0 Å². The number of carbonyl (C=O) groups is 1. The second-order valence-electron chi connectivity index (χ2n) is 3.46. The van der Waals surface area contributed by atoms with Gasteiger partial charge in [-0.05, 0) is 19.9 Å². The van der Waals surface area contributed by atoms with Gasteiger partial charge in [-0.25, -0.2) is 0 Å². The molecule has 0 aliphatic rings. The number of amidine groups is 1. The van der Waals surface area contributed by atoms with Crippen LogP contribution in [-0.2, 0) is 4.79 Å². The summed E-state index contributed by atoms with van der Waals surface area (Å²) in [6, 6.07) is 1.77. The fraction of sp³-hybridized carbons (Fsp3) is 0.300. The molecule has 0 spiro atoms. The predicted octanol–water partition coefficient (Wildman–Crippen LogP) is 0.370. The van der Waals surface area contributed by atoms with Gasteiger partial charge in [-0.1, -0.05) is 5.16 Å². The van der Waals surface area contributed by atoms with Gasteiger partial charge in [0.15, 0.2) is 5.84 Å². The van der Waals surface area contributed by atoms with Crippen molar-refractivity contribution in [2.24, 2.45) is 16.6 Å². The lowest BCUT2D eigenvalue weighted by atomic mass is 10.1. The molecule has 7 heteroatoms. The van der Waals surface area contributed by atoms with Crippen LogP contribution in [0.15, 0.2) is 16.1 Å². The number of carbonyl (C=O) groups excluding carboxylic acids is 1. The summed E-state index contributed by atoms with van der Waals surface area (Å²) in [6.45, 7) is 3.59. The van der Waals surface area contributed by atoms with Crippen LogP contribution in [0.1, 0.15) is 17.0 Å². The van der Waals surface area contributed by atoms with Crippen molar-refractivity contribution in [3.63, 3.8) is 0 Å². The number of nitrogens with two attached hydrogens (primary N) is 2. The van der Waals surface area contributed by atoms with Crippen LogP contribution >= 0.6 is 11.8 Å². The lowest BCUT2D eigenvalue weighted by Gasteiger charge is -2.10. The molecule has 1 rings (SSSR count). The van der Waals surface area contributed by atoms with Gasteiger partial charge >= 0.3 is 0 Å². The molecular weight excluding hydrogens is 240 g/mol. The summed E-state index contributed by atoms with van der Waals surface area (Å²) in [5, 5.41) is 11.7. The highest BCUT2D eigenvalue weighted by molar-refractivity contribution is 8.00. The number of nitrogens with zero attached hydrogens (tertiary/aromatic N) is 2. The summed E-state index contributed by atoms with van der Waals surface area (Å²) >= 11 is 1.24. The van der Waals surface area contributed by atoms with E-state index in [9.17, 15) is 4.79 Å². The number of hydrogen-bond acceptors (Lipinski definition) is 5. The van der Waals surface area contributed by atoms with E-state index < -0.39 is 5.91 Å². The van der Waals surface area contributed by atoms with Crippen molar-refractivity contribution in [3.05, 3.63) is 23.0 Å². The normalized spacial score (nSPS) is 11.5. The summed E-state index contributed by atoms with van der Waals surface area (Å²) < 4.78 is 0. The molecule has 5 N–H and O–H groups in total. The molecule has 0 aromatic carbocycles. The number of pyridine rings is 1. The molecule has 0 saturated heterocycles. The number of oxime groups is 1. The zero-order valence-electron chi connectivity index (χ0n) is 9.60. The van der Waals surface area contributed by atoms with Gasteiger partial charge in [0.2, 0.25) is 5.91 Å². The maximum absolute atomic E-state index is 10.8. The van der Waals surface area contributed by atoms with Gasteiger partial charge in [-0.15, -0.1) is 11.8 Å². The van der Waals surface area contributed by atoms with Crippen LogP contribution in [0.2, 0.25) is 0 Å². The minimum Gasteiger partial charge on any atom is -0.409 e. The van der Waals surface area contributed by atoms with Crippen molar-refractivity contribution in [2.45, 2.75) is 18.7 Å². The highest BCUT2D eigenvalue weighted by Gasteiger charge is 2.13. The molecule has 0 atom stereocenters. The summed E-state index contributed by atoms with van der Waals surface area (Å²) in [5.74, 6) is -0.316. The van der Waals surface area contributed by atoms with Crippen molar-refractivity contribution >= 4 is 23.5 Å². The number of thioether (sulfide) groups is 1. The Morgan fingerprint density at radius 3 is 2.71 bits per heavy atom. The van der Waals surface area contributed by atoms with Crippen molar-refractivity contribution in [1.82, 2.24) is 4.98 Å². The van der Waals surface area contributed by atoms with E-state index in [1.807, 2.05) is 6.92 Å². The molecular formula is C10H14N4O2S. The average Bonchev–Trinajstić information content (AvgIpc) is 2.24. The van der Waals surface area contributed by atoms with Gasteiger partial charge < -0.3 is 16.7 Å². The number of aryl methyl sites for hydroxylation is 2. The fourth-order valence-electron chi connectivity index (χ4n) is 1.42. The first-order valence-electron chi connectivity index (χ1n) is 4.83. The van der Waals surface area contributed by atoms with Crippen molar-refractivity contribution < 1.29 is 10.0 Å². The van der Waals surface area contributed by atoms with E-state index in [0.717, 1.165) is 10.6 Å². The molecule has 0 saturated carbocycles. The Morgan fingerprint density at radius 2 is 2.18 bits per heavy atom. The topological polar surface area (TPSA) is 115 Å². The molecule has 1 aromatic heterocycles. The van der Waals surface area contributed by atoms with Gasteiger partial charge in [0.25, 0.3) is 0 Å². The summed E-state index contributed by atoms with van der Waals surface area (Å²) in [6.07, 6.45) is 0. The van der Waals surface area contributed by atoms with Crippen LogP contribution in [0.4, 0.5) is 0 Å². The Hall–Kier alpha value is -1.76. The first kappa shape index (κ1) is 13.3. The van der Waals surface area contributed by atoms with Crippen molar-refractivity contribution in [3.8, 4) is 0 Å². The Morgan fingerprint density at radius 1 is 1.53 bits per heavy atom. The van der Waals surface area contributed by atoms with Gasteiger partial charge in [0.1, 0.15) is 0 Å². The molecule has 1 amide bonds. The molecule has 0 unspecified atom stereocenters. The molecule has 0 aliphatic carbocycles. The summed E-state index contributed by atoms with van der Waals surface area (Å²) in [4.78, 5) is 15.7. The highest BCUT2D eigenvalue weighted by Crippen LogP contribution is 2.25. The molecule has 0 fully saturated rings. The first-order chi connectivity index (χ1) is 7.95. The molecule has 92 valence electrons. The predicted molar refractivity (Wildman–Crippen MR) is 66.1 cm³/mol. The molecule has 0 radical (unpaired) electrons. The first-order valence-corrected chi connectivity index (χ1v) is 5.81. The maximum Gasteiger partial charge on any atom is 0.227 e. The van der Waals surface area contributed by atoms with E-state index in [2.05, 4.69) is 10.1 Å². The number of amides is 1. The van der Waals surface area contributed by atoms with Crippen LogP contribution in [0.3, 0.4) is 0 Å². The van der Waals surface area contributed by atoms with Gasteiger partial charge in [-0.3, -0.25) is 9.78 Å². The fourth-order valence-corrected chi connectivity index (χ4v) is 2.37. The zero-order chi connectivity index (χ0) is 13.0. The smallest absolute Gasteiger partial charge is 0.227 e. The van der Waals surface area contributed by atoms with Crippen LogP contribution in [-0.4, -0.2) is 27.7 Å². The molecule has 17 heavy (non-hydrogen) atoms. The minimum atomic E-state index is -0.424. The third-order valence-corrected chi connectivity index (χ3v) is 3.09. The lowest BCUT2D eigenvalue weighted by molar-refractivity contribution is -0.115. The van der Waals surface area contributed by atoms with Crippen molar-refractivity contribution in [1.29, 1.82) is 0 Å². The zero-order valence-corrected chi connectivity index (χ0v) is 10.4. The Kier molecular flexibility index (Phi) is 4.33. The third-order valence-electron chi connectivity index (χ3n) is 2.03. The summed E-state index contributed by atoms with van der Waals surface area (Å²) in [5.41, 5.74) is 12.6. The SMILES string of the molecule is Cc1cc(SCC(N)=O)c(/C(N)=N/O)c(C)n1. The van der Waals surface area contributed by atoms with Gasteiger partial charge in [0.05, 0.1) is 11.3 Å². The maximum atomic E-state index is 10.8. The number of rotatable bonds is 4. The van der Waals surface area contributed by atoms with Gasteiger partial charge in [-0.2, -0.15) is 0 Å². The Labute approximate surface area is 103 Å². The Bertz CT molecular complexity index is 474. The number of aromatic nitrogens is 1. The largest absolute Gasteiger partial charge is 0.409 e. The van der Waals surface area contributed by atoms with Crippen LogP contribution < -0.4 is 11.5 Å². The van der Waals surface area contributed by atoms with E-state index in [4.69, 9.17) is 16.7 Å². The molecule has 1 heterocycles. The van der Waals surface area contributed by atoms with E-state index in [0.29, 0.717) is 11.3 Å². The van der Waals surface area contributed by atoms with E-state index in [1.165, 1.54) is 11.8 Å². The van der Waals surface area contributed by atoms with E-state index in [1.54, 1.807) is 13.0 Å². The quantitative estimate of drug-likeness (QED) is 0.236. The average molecular weight is 254 g/mol. The standard InChI is InChI=1S/C10H14N4O2S/c1-5-3-7(17-4-8(11)15)9(6(2)13-5)10(12)14-16/h3,16H,4H2,1-2H3,(H2,11,15)(H2,12,14). The van der Waals surface area contributed by atoms with Gasteiger partial charge in [0, 0.05) is 16.3 Å². The van der Waals surface area contributed by atoms with Crippen molar-refractivity contribution in [2.75, 3.05) is 5.75 Å². The minimum absolute atomic E-state index is 0.0260. The number of primary amides is 1. The second kappa shape index (κ2) is 5.53. The Balaban J connectivity index is 3.20. The second-order valence-corrected chi connectivity index (χ2v) is 4.48. The molecule has 0 bridgehead atoms. The third kappa shape index (κ3) is 3.35. The van der Waals surface area contributed by atoms with E-state index in [-0.39, 0.29) is 11.6 Å².